The summed E-state index contributed by atoms with van der Waals surface area (Å²) in [5.74, 6) is 1.85. The van der Waals surface area contributed by atoms with Crippen molar-refractivity contribution in [3.05, 3.63) is 23.3 Å². The minimum Gasteiger partial charge on any atom is -0.319 e. The summed E-state index contributed by atoms with van der Waals surface area (Å²) in [6.07, 6.45) is 14.4. The fourth-order valence-electron chi connectivity index (χ4n) is 5.13. The maximum Gasteiger partial charge on any atom is -0.00204 e. The molecule has 3 rings (SSSR count). The summed E-state index contributed by atoms with van der Waals surface area (Å²) in [5, 5.41) is 3.44. The molecule has 1 N–H and O–H groups in total. The first-order valence-corrected chi connectivity index (χ1v) is 7.83. The molecule has 0 bridgehead atoms. The first-order chi connectivity index (χ1) is 8.81. The van der Waals surface area contributed by atoms with Crippen LogP contribution in [0.2, 0.25) is 0 Å². The molecule has 1 saturated carbocycles. The second-order valence-electron chi connectivity index (χ2n) is 6.49. The highest BCUT2D eigenvalue weighted by molar-refractivity contribution is 5.37. The second-order valence-corrected chi connectivity index (χ2v) is 6.49. The first-order valence-electron chi connectivity index (χ1n) is 7.83. The Morgan fingerprint density at radius 3 is 2.94 bits per heavy atom. The molecule has 0 spiro atoms. The predicted octanol–water partition coefficient (Wildman–Crippen LogP) is 4.07. The van der Waals surface area contributed by atoms with Crippen LogP contribution in [0.4, 0.5) is 0 Å². The van der Waals surface area contributed by atoms with E-state index in [0.717, 1.165) is 11.8 Å². The molecular formula is C17H27N. The fraction of sp³-hybridized carbons (Fsp3) is 0.765. The molecule has 1 fully saturated rings. The standard InChI is InChI=1S/C17H27N/c1-3-17-10-6-8-14(12-18-2)16(17)11-13-7-4-5-9-15(13)17/h4-5,14,16,18H,3,6-12H2,1-2H3. The van der Waals surface area contributed by atoms with Crippen LogP contribution in [0.1, 0.15) is 51.9 Å². The van der Waals surface area contributed by atoms with Crippen molar-refractivity contribution in [3.63, 3.8) is 0 Å². The average molecular weight is 245 g/mol. The molecule has 3 atom stereocenters. The zero-order chi connectivity index (χ0) is 12.6. The van der Waals surface area contributed by atoms with Crippen molar-refractivity contribution in [2.45, 2.75) is 51.9 Å². The number of hydrogen-bond acceptors (Lipinski definition) is 1. The van der Waals surface area contributed by atoms with E-state index in [-0.39, 0.29) is 0 Å². The van der Waals surface area contributed by atoms with E-state index < -0.39 is 0 Å². The van der Waals surface area contributed by atoms with Gasteiger partial charge in [0.05, 0.1) is 0 Å². The molecule has 1 heteroatoms. The summed E-state index contributed by atoms with van der Waals surface area (Å²) >= 11 is 0. The number of nitrogens with one attached hydrogen (secondary N) is 1. The van der Waals surface area contributed by atoms with Gasteiger partial charge in [0, 0.05) is 0 Å². The Kier molecular flexibility index (Phi) is 3.36. The Hall–Kier alpha value is -0.560. The van der Waals surface area contributed by atoms with Crippen molar-refractivity contribution in [1.29, 1.82) is 0 Å². The van der Waals surface area contributed by atoms with Gasteiger partial charge in [-0.15, -0.1) is 0 Å². The highest BCUT2D eigenvalue weighted by Gasteiger charge is 2.50. The summed E-state index contributed by atoms with van der Waals surface area (Å²) in [5.41, 5.74) is 4.26. The Labute approximate surface area is 112 Å². The van der Waals surface area contributed by atoms with Crippen molar-refractivity contribution >= 4 is 0 Å². The van der Waals surface area contributed by atoms with E-state index >= 15 is 0 Å². The van der Waals surface area contributed by atoms with Crippen LogP contribution in [-0.4, -0.2) is 13.6 Å². The zero-order valence-corrected chi connectivity index (χ0v) is 12.0. The van der Waals surface area contributed by atoms with Gasteiger partial charge in [-0.2, -0.15) is 0 Å². The van der Waals surface area contributed by atoms with Crippen LogP contribution in [-0.2, 0) is 0 Å². The van der Waals surface area contributed by atoms with E-state index in [1.165, 1.54) is 51.5 Å². The summed E-state index contributed by atoms with van der Waals surface area (Å²) in [6.45, 7) is 3.66. The Morgan fingerprint density at radius 2 is 2.17 bits per heavy atom. The molecule has 0 aromatic carbocycles. The Balaban J connectivity index is 1.91. The van der Waals surface area contributed by atoms with Gasteiger partial charge >= 0.3 is 0 Å². The van der Waals surface area contributed by atoms with Crippen molar-refractivity contribution in [2.24, 2.45) is 17.3 Å². The van der Waals surface area contributed by atoms with Crippen LogP contribution >= 0.6 is 0 Å². The van der Waals surface area contributed by atoms with Crippen LogP contribution in [0, 0.1) is 17.3 Å². The minimum absolute atomic E-state index is 0.583. The van der Waals surface area contributed by atoms with Crippen LogP contribution < -0.4 is 5.32 Å². The highest BCUT2D eigenvalue weighted by atomic mass is 14.8. The number of rotatable bonds is 3. The van der Waals surface area contributed by atoms with Gasteiger partial charge in [-0.05, 0) is 69.4 Å². The molecule has 0 radical (unpaired) electrons. The lowest BCUT2D eigenvalue weighted by molar-refractivity contribution is 0.0852. The maximum absolute atomic E-state index is 3.44. The molecule has 0 amide bonds. The smallest absolute Gasteiger partial charge is 0.00204 e. The van der Waals surface area contributed by atoms with E-state index in [1.54, 1.807) is 0 Å². The van der Waals surface area contributed by atoms with Crippen molar-refractivity contribution in [3.8, 4) is 0 Å². The van der Waals surface area contributed by atoms with Gasteiger partial charge in [0.2, 0.25) is 0 Å². The van der Waals surface area contributed by atoms with E-state index in [9.17, 15) is 0 Å². The van der Waals surface area contributed by atoms with Gasteiger partial charge in [-0.1, -0.05) is 36.6 Å². The molecule has 3 aliphatic rings. The quantitative estimate of drug-likeness (QED) is 0.739. The van der Waals surface area contributed by atoms with Crippen LogP contribution in [0.5, 0.6) is 0 Å². The van der Waals surface area contributed by atoms with Gasteiger partial charge in [0.15, 0.2) is 0 Å². The number of fused-ring (bicyclic) bond motifs is 2. The molecule has 100 valence electrons. The largest absolute Gasteiger partial charge is 0.319 e. The summed E-state index contributed by atoms with van der Waals surface area (Å²) in [7, 11) is 2.12. The Bertz CT molecular complexity index is 377. The summed E-state index contributed by atoms with van der Waals surface area (Å²) in [6, 6.07) is 0. The third kappa shape index (κ3) is 1.71. The van der Waals surface area contributed by atoms with Gasteiger partial charge in [0.25, 0.3) is 0 Å². The van der Waals surface area contributed by atoms with Crippen LogP contribution in [0.15, 0.2) is 23.3 Å². The number of hydrogen-bond donors (Lipinski definition) is 1. The van der Waals surface area contributed by atoms with Gasteiger partial charge < -0.3 is 5.32 Å². The summed E-state index contributed by atoms with van der Waals surface area (Å²) in [4.78, 5) is 0. The van der Waals surface area contributed by atoms with E-state index in [4.69, 9.17) is 0 Å². The van der Waals surface area contributed by atoms with Crippen molar-refractivity contribution in [2.75, 3.05) is 13.6 Å². The Morgan fingerprint density at radius 1 is 1.33 bits per heavy atom. The molecule has 0 aliphatic heterocycles. The van der Waals surface area contributed by atoms with Crippen molar-refractivity contribution in [1.82, 2.24) is 5.32 Å². The average Bonchev–Trinajstić information content (AvgIpc) is 2.75. The molecule has 3 aliphatic carbocycles. The van der Waals surface area contributed by atoms with Crippen LogP contribution in [0.3, 0.4) is 0 Å². The third-order valence-electron chi connectivity index (χ3n) is 5.92. The maximum atomic E-state index is 3.44. The van der Waals surface area contributed by atoms with E-state index in [2.05, 4.69) is 31.4 Å². The SMILES string of the molecule is CCC12CCCC(CNC)C1CC1=C2CC=CC1. The van der Waals surface area contributed by atoms with E-state index in [0.29, 0.717) is 5.41 Å². The topological polar surface area (TPSA) is 12.0 Å². The number of allylic oxidation sites excluding steroid dienone is 4. The molecule has 1 nitrogen and oxygen atoms in total. The molecule has 0 heterocycles. The monoisotopic (exact) mass is 245 g/mol. The van der Waals surface area contributed by atoms with Crippen LogP contribution in [0.25, 0.3) is 0 Å². The zero-order valence-electron chi connectivity index (χ0n) is 12.0. The molecule has 18 heavy (non-hydrogen) atoms. The highest BCUT2D eigenvalue weighted by Crippen LogP contribution is 2.61. The summed E-state index contributed by atoms with van der Waals surface area (Å²) < 4.78 is 0. The fourth-order valence-corrected chi connectivity index (χ4v) is 5.13. The lowest BCUT2D eigenvalue weighted by atomic mass is 9.59. The lowest BCUT2D eigenvalue weighted by Crippen LogP contribution is -2.40. The minimum atomic E-state index is 0.583. The first kappa shape index (κ1) is 12.5. The lowest BCUT2D eigenvalue weighted by Gasteiger charge is -2.46. The normalized spacial score (nSPS) is 38.8. The predicted molar refractivity (Wildman–Crippen MR) is 77.5 cm³/mol. The molecule has 3 unspecified atom stereocenters. The third-order valence-corrected chi connectivity index (χ3v) is 5.92. The van der Waals surface area contributed by atoms with Gasteiger partial charge in [0.1, 0.15) is 0 Å². The molecule has 0 aromatic rings. The van der Waals surface area contributed by atoms with Gasteiger partial charge in [-0.3, -0.25) is 0 Å². The second kappa shape index (κ2) is 4.85. The molecule has 0 aromatic heterocycles. The molecular weight excluding hydrogens is 218 g/mol. The van der Waals surface area contributed by atoms with E-state index in [1.807, 2.05) is 11.1 Å². The van der Waals surface area contributed by atoms with Gasteiger partial charge in [-0.25, -0.2) is 0 Å². The van der Waals surface area contributed by atoms with Crippen molar-refractivity contribution < 1.29 is 0 Å². The molecule has 0 saturated heterocycles.